The minimum absolute atomic E-state index is 0.0921. The minimum Gasteiger partial charge on any atom is -0.474 e. The van der Waals surface area contributed by atoms with Crippen molar-refractivity contribution in [1.82, 2.24) is 25.1 Å². The molecule has 3 saturated heterocycles. The molecule has 322 valence electrons. The van der Waals surface area contributed by atoms with Crippen LogP contribution in [-0.4, -0.2) is 108 Å². The highest BCUT2D eigenvalue weighted by Gasteiger charge is 2.48. The fourth-order valence-corrected chi connectivity index (χ4v) is 10.7. The van der Waals surface area contributed by atoms with Crippen LogP contribution in [0.3, 0.4) is 0 Å². The van der Waals surface area contributed by atoms with Gasteiger partial charge in [0.15, 0.2) is 0 Å². The first-order chi connectivity index (χ1) is 29.9. The number of amides is 5. The summed E-state index contributed by atoms with van der Waals surface area (Å²) in [6, 6.07) is 8.25. The quantitative estimate of drug-likeness (QED) is 0.173. The van der Waals surface area contributed by atoms with Crippen molar-refractivity contribution >= 4 is 69.3 Å². The molecule has 5 amide bonds. The number of pyridine rings is 2. The molecular formula is C46H49ClN8O7. The maximum Gasteiger partial charge on any atom is 0.413 e. The Kier molecular flexibility index (Phi) is 10.3. The Morgan fingerprint density at radius 3 is 2.47 bits per heavy atom. The van der Waals surface area contributed by atoms with Crippen molar-refractivity contribution in [3.8, 4) is 17.0 Å². The highest BCUT2D eigenvalue weighted by molar-refractivity contribution is 6.35. The lowest BCUT2D eigenvalue weighted by Crippen LogP contribution is -2.54. The van der Waals surface area contributed by atoms with E-state index in [9.17, 15) is 24.0 Å². The van der Waals surface area contributed by atoms with E-state index in [1.54, 1.807) is 24.5 Å². The van der Waals surface area contributed by atoms with Gasteiger partial charge in [-0.1, -0.05) is 11.6 Å². The number of anilines is 3. The Morgan fingerprint density at radius 2 is 1.69 bits per heavy atom. The van der Waals surface area contributed by atoms with Gasteiger partial charge in [-0.2, -0.15) is 0 Å². The van der Waals surface area contributed by atoms with Crippen LogP contribution in [-0.2, 0) is 14.3 Å². The normalized spacial score (nSPS) is 21.6. The van der Waals surface area contributed by atoms with Gasteiger partial charge in [-0.25, -0.2) is 14.8 Å². The van der Waals surface area contributed by atoms with Crippen molar-refractivity contribution in [3.63, 3.8) is 0 Å². The molecule has 0 radical (unpaired) electrons. The summed E-state index contributed by atoms with van der Waals surface area (Å²) in [5.74, 6) is -0.395. The van der Waals surface area contributed by atoms with E-state index < -0.39 is 35.8 Å². The standard InChI is InChI=1S/C46H49ClN8O7/c1-25-34-22-49-37(18-28(34)17-32(39(25)47)35-23-50-42-40(26(35)2)48-11-16-61-42)51-45(60)62-30-20-46(21-30)9-14-53(15-10-46)24-27-7-12-54(13-8-27)29-3-4-31-33(19-29)44(59)55(43(31)58)36-5-6-38(56)52-41(36)57/h3-4,17-19,22-23,27,30,36,48H,5-16,20-21,24H2,1-2H3,(H,49,51,60)(H,52,56,57). The Morgan fingerprint density at radius 1 is 0.919 bits per heavy atom. The van der Waals surface area contributed by atoms with Crippen molar-refractivity contribution in [2.24, 2.45) is 11.3 Å². The van der Waals surface area contributed by atoms with Gasteiger partial charge in [0.2, 0.25) is 17.7 Å². The van der Waals surface area contributed by atoms with Crippen LogP contribution >= 0.6 is 11.6 Å². The minimum atomic E-state index is -0.972. The molecule has 7 heterocycles. The number of nitrogens with zero attached hydrogens (tertiary/aromatic N) is 5. The molecule has 3 N–H and O–H groups in total. The molecule has 62 heavy (non-hydrogen) atoms. The van der Waals surface area contributed by atoms with Crippen LogP contribution in [0.25, 0.3) is 21.9 Å². The van der Waals surface area contributed by atoms with Gasteiger partial charge >= 0.3 is 6.09 Å². The number of rotatable bonds is 7. The molecule has 6 aliphatic rings. The van der Waals surface area contributed by atoms with Crippen molar-refractivity contribution in [2.45, 2.75) is 77.4 Å². The zero-order valence-corrected chi connectivity index (χ0v) is 35.6. The fourth-order valence-electron chi connectivity index (χ4n) is 10.5. The number of carbonyl (C=O) groups is 5. The van der Waals surface area contributed by atoms with E-state index in [4.69, 9.17) is 21.1 Å². The Hall–Kier alpha value is -5.80. The Bertz CT molecular complexity index is 2540. The number of hydrogen-bond acceptors (Lipinski definition) is 12. The lowest BCUT2D eigenvalue weighted by atomic mass is 9.61. The van der Waals surface area contributed by atoms with Gasteiger partial charge in [-0.15, -0.1) is 0 Å². The predicted molar refractivity (Wildman–Crippen MR) is 233 cm³/mol. The number of imide groups is 2. The predicted octanol–water partition coefficient (Wildman–Crippen LogP) is 6.48. The van der Waals surface area contributed by atoms with Gasteiger partial charge in [0, 0.05) is 67.2 Å². The van der Waals surface area contributed by atoms with Gasteiger partial charge in [0.25, 0.3) is 11.8 Å². The Balaban J connectivity index is 0.685. The molecule has 1 aliphatic carbocycles. The van der Waals surface area contributed by atoms with Crippen molar-refractivity contribution in [1.29, 1.82) is 0 Å². The van der Waals surface area contributed by atoms with Crippen LogP contribution in [0.5, 0.6) is 5.88 Å². The van der Waals surface area contributed by atoms with Crippen LogP contribution in [0, 0.1) is 25.2 Å². The SMILES string of the molecule is Cc1c(-c2cc3cc(NC(=O)OC4CC5(CCN(CC6CCN(c7ccc8c(c7)C(=O)N(C7CCC(=O)NC7=O)C8=O)CC6)CC5)C4)ncc3c(C)c2Cl)cnc2c1NCCO2. The van der Waals surface area contributed by atoms with Gasteiger partial charge in [0.1, 0.15) is 30.3 Å². The van der Waals surface area contributed by atoms with Crippen molar-refractivity contribution in [3.05, 3.63) is 70.0 Å². The second-order valence-corrected chi connectivity index (χ2v) is 18.3. The summed E-state index contributed by atoms with van der Waals surface area (Å²) in [7, 11) is 0. The monoisotopic (exact) mass is 860 g/mol. The van der Waals surface area contributed by atoms with Gasteiger partial charge < -0.3 is 24.6 Å². The zero-order valence-electron chi connectivity index (χ0n) is 34.9. The molecule has 1 atom stereocenters. The van der Waals surface area contributed by atoms with E-state index >= 15 is 0 Å². The average molecular weight is 861 g/mol. The van der Waals surface area contributed by atoms with Gasteiger partial charge in [-0.3, -0.25) is 34.7 Å². The smallest absolute Gasteiger partial charge is 0.413 e. The summed E-state index contributed by atoms with van der Waals surface area (Å²) < 4.78 is 11.6. The third-order valence-electron chi connectivity index (χ3n) is 14.1. The van der Waals surface area contributed by atoms with Crippen LogP contribution in [0.2, 0.25) is 5.02 Å². The summed E-state index contributed by atoms with van der Waals surface area (Å²) in [5, 5.41) is 10.9. The third kappa shape index (κ3) is 7.28. The largest absolute Gasteiger partial charge is 0.474 e. The number of benzene rings is 2. The van der Waals surface area contributed by atoms with Crippen molar-refractivity contribution in [2.75, 3.05) is 61.4 Å². The second-order valence-electron chi connectivity index (χ2n) is 17.9. The maximum atomic E-state index is 13.4. The molecule has 0 bridgehead atoms. The average Bonchev–Trinajstić information content (AvgIpc) is 3.50. The van der Waals surface area contributed by atoms with E-state index in [1.165, 1.54) is 0 Å². The molecule has 2 aromatic carbocycles. The van der Waals surface area contributed by atoms with E-state index in [2.05, 4.69) is 35.7 Å². The van der Waals surface area contributed by atoms with Gasteiger partial charge in [-0.05, 0) is 130 Å². The first-order valence-corrected chi connectivity index (χ1v) is 22.1. The number of carbonyl (C=O) groups excluding carboxylic acids is 5. The number of halogens is 1. The zero-order chi connectivity index (χ0) is 42.9. The third-order valence-corrected chi connectivity index (χ3v) is 14.6. The molecule has 1 spiro atoms. The summed E-state index contributed by atoms with van der Waals surface area (Å²) in [5.41, 5.74) is 6.26. The molecule has 4 fully saturated rings. The number of hydrogen-bond donors (Lipinski definition) is 3. The van der Waals surface area contributed by atoms with Crippen molar-refractivity contribution < 1.29 is 33.4 Å². The molecule has 10 rings (SSSR count). The number of aromatic nitrogens is 2. The number of aryl methyl sites for hydroxylation is 1. The summed E-state index contributed by atoms with van der Waals surface area (Å²) in [6.45, 7) is 10.1. The van der Waals surface area contributed by atoms with Gasteiger partial charge in [0.05, 0.1) is 16.1 Å². The molecular weight excluding hydrogens is 812 g/mol. The maximum absolute atomic E-state index is 13.4. The number of fused-ring (bicyclic) bond motifs is 3. The summed E-state index contributed by atoms with van der Waals surface area (Å²) in [6.07, 6.45) is 9.11. The molecule has 5 aliphatic heterocycles. The Labute approximate surface area is 363 Å². The fraction of sp³-hybridized carbons (Fsp3) is 0.457. The number of likely N-dealkylation sites (tertiary alicyclic amines) is 1. The molecule has 16 heteroatoms. The first-order valence-electron chi connectivity index (χ1n) is 21.7. The highest BCUT2D eigenvalue weighted by atomic mass is 35.5. The van der Waals surface area contributed by atoms with Crippen LogP contribution in [0.1, 0.15) is 83.2 Å². The number of nitrogens with one attached hydrogen (secondary N) is 3. The van der Waals surface area contributed by atoms with E-state index in [0.717, 1.165) is 121 Å². The second kappa shape index (κ2) is 15.8. The summed E-state index contributed by atoms with van der Waals surface area (Å²) in [4.78, 5) is 78.6. The molecule has 4 aromatic rings. The number of piperidine rings is 3. The van der Waals surface area contributed by atoms with E-state index in [0.29, 0.717) is 46.9 Å². The molecule has 1 unspecified atom stereocenters. The van der Waals surface area contributed by atoms with E-state index in [1.807, 2.05) is 32.0 Å². The topological polar surface area (TPSA) is 175 Å². The first kappa shape index (κ1) is 40.3. The van der Waals surface area contributed by atoms with Crippen LogP contribution in [0.4, 0.5) is 22.0 Å². The number of ether oxygens (including phenoxy) is 2. The van der Waals surface area contributed by atoms with E-state index in [-0.39, 0.29) is 24.4 Å². The molecule has 15 nitrogen and oxygen atoms in total. The lowest BCUT2D eigenvalue weighted by molar-refractivity contribution is -0.136. The summed E-state index contributed by atoms with van der Waals surface area (Å²) >= 11 is 6.92. The van der Waals surface area contributed by atoms with Crippen LogP contribution < -0.4 is 25.6 Å². The van der Waals surface area contributed by atoms with Crippen LogP contribution in [0.15, 0.2) is 42.7 Å². The highest BCUT2D eigenvalue weighted by Crippen LogP contribution is 2.51. The molecule has 1 saturated carbocycles. The molecule has 2 aromatic heterocycles. The lowest BCUT2D eigenvalue weighted by Gasteiger charge is -2.51.